The second-order valence-electron chi connectivity index (χ2n) is 18.8. The molecule has 13 heteroatoms. The third-order valence-electron chi connectivity index (χ3n) is 12.4. The lowest BCUT2D eigenvalue weighted by Gasteiger charge is -2.41. The summed E-state index contributed by atoms with van der Waals surface area (Å²) < 4.78 is 59.3. The van der Waals surface area contributed by atoms with E-state index in [9.17, 15) is 33.1 Å². The van der Waals surface area contributed by atoms with Crippen molar-refractivity contribution in [3.63, 3.8) is 0 Å². The van der Waals surface area contributed by atoms with Gasteiger partial charge in [0.15, 0.2) is 6.29 Å². The lowest BCUT2D eigenvalue weighted by Crippen LogP contribution is -2.60. The quantitative estimate of drug-likeness (QED) is 0.0197. The molecule has 0 amide bonds. The normalized spacial score (nSPS) is 19.6. The Bertz CT molecular complexity index is 1370. The van der Waals surface area contributed by atoms with Gasteiger partial charge in [-0.2, -0.15) is 8.42 Å². The topological polar surface area (TPSA) is 178 Å². The SMILES string of the molecule is CC/C=C\C/C=C\C/C=C\CCCCCCCCCC(=O)OC(COCCCCCCCCCCCCCC/C=C\CCCCCCCCCC)COC1OC(CO)C(O)C(OS(=O)(=O)O)C1O. The van der Waals surface area contributed by atoms with Crippen LogP contribution in [0, 0.1) is 0 Å². The average Bonchev–Trinajstić information content (AvgIpc) is 3.31. The third kappa shape index (κ3) is 38.8. The Morgan fingerprint density at radius 3 is 1.50 bits per heavy atom. The van der Waals surface area contributed by atoms with Crippen LogP contribution in [0.3, 0.4) is 0 Å². The van der Waals surface area contributed by atoms with Crippen molar-refractivity contribution in [1.82, 2.24) is 0 Å². The number of rotatable bonds is 48. The number of ether oxygens (including phenoxy) is 4. The smallest absolute Gasteiger partial charge is 0.397 e. The average molecular weight is 985 g/mol. The fraction of sp³-hybridized carbons (Fsp3) is 0.836. The summed E-state index contributed by atoms with van der Waals surface area (Å²) in [5.74, 6) is -0.408. The Morgan fingerprint density at radius 2 is 1.01 bits per heavy atom. The highest BCUT2D eigenvalue weighted by atomic mass is 32.3. The first-order valence-electron chi connectivity index (χ1n) is 27.4. The summed E-state index contributed by atoms with van der Waals surface area (Å²) in [5, 5.41) is 30.8. The maximum atomic E-state index is 12.9. The molecule has 12 nitrogen and oxygen atoms in total. The molecule has 1 rings (SSSR count). The molecule has 6 atom stereocenters. The first-order chi connectivity index (χ1) is 33.1. The van der Waals surface area contributed by atoms with Crippen LogP contribution in [-0.2, 0) is 38.3 Å². The van der Waals surface area contributed by atoms with E-state index in [1.54, 1.807) is 0 Å². The van der Waals surface area contributed by atoms with Crippen molar-refractivity contribution in [2.75, 3.05) is 26.4 Å². The lowest BCUT2D eigenvalue weighted by atomic mass is 9.99. The van der Waals surface area contributed by atoms with Crippen LogP contribution in [0.4, 0.5) is 0 Å². The number of hydrogen-bond acceptors (Lipinski definition) is 11. The summed E-state index contributed by atoms with van der Waals surface area (Å²) in [7, 11) is -5.07. The molecule has 1 heterocycles. The molecule has 0 aliphatic carbocycles. The van der Waals surface area contributed by atoms with Crippen molar-refractivity contribution in [3.05, 3.63) is 48.6 Å². The Kier molecular flexibility index (Phi) is 43.5. The maximum Gasteiger partial charge on any atom is 0.397 e. The number of carbonyl (C=O) groups excluding carboxylic acids is 1. The Hall–Kier alpha value is -1.94. The van der Waals surface area contributed by atoms with Gasteiger partial charge in [-0.1, -0.05) is 204 Å². The number of allylic oxidation sites excluding steroid dienone is 8. The van der Waals surface area contributed by atoms with Crippen LogP contribution in [0.2, 0.25) is 0 Å². The van der Waals surface area contributed by atoms with Crippen LogP contribution >= 0.6 is 0 Å². The highest BCUT2D eigenvalue weighted by molar-refractivity contribution is 7.80. The van der Waals surface area contributed by atoms with Crippen LogP contribution in [0.1, 0.15) is 232 Å². The van der Waals surface area contributed by atoms with Crippen molar-refractivity contribution in [2.24, 2.45) is 0 Å². The van der Waals surface area contributed by atoms with E-state index in [0.29, 0.717) is 13.0 Å². The molecule has 68 heavy (non-hydrogen) atoms. The number of hydrogen-bond donors (Lipinski definition) is 4. The summed E-state index contributed by atoms with van der Waals surface area (Å²) in [6.07, 6.45) is 48.6. The molecule has 0 bridgehead atoms. The van der Waals surface area contributed by atoms with E-state index >= 15 is 0 Å². The zero-order valence-corrected chi connectivity index (χ0v) is 43.7. The number of carbonyl (C=O) groups is 1. The number of unbranched alkanes of at least 4 members (excludes halogenated alkanes) is 27. The molecule has 4 N–H and O–H groups in total. The minimum Gasteiger partial charge on any atom is -0.457 e. The zero-order valence-electron chi connectivity index (χ0n) is 42.9. The van der Waals surface area contributed by atoms with Crippen LogP contribution in [0.25, 0.3) is 0 Å². The number of aliphatic hydroxyl groups is 3. The van der Waals surface area contributed by atoms with Gasteiger partial charge in [-0.15, -0.1) is 0 Å². The van der Waals surface area contributed by atoms with Gasteiger partial charge in [-0.3, -0.25) is 9.35 Å². The summed E-state index contributed by atoms with van der Waals surface area (Å²) in [5.41, 5.74) is 0. The molecular formula is C55H100O12S. The molecule has 1 aliphatic rings. The summed E-state index contributed by atoms with van der Waals surface area (Å²) >= 11 is 0. The van der Waals surface area contributed by atoms with Gasteiger partial charge in [-0.25, -0.2) is 4.18 Å². The second-order valence-corrected chi connectivity index (χ2v) is 19.8. The molecule has 1 fully saturated rings. The van der Waals surface area contributed by atoms with E-state index in [2.05, 4.69) is 66.6 Å². The summed E-state index contributed by atoms with van der Waals surface area (Å²) in [6, 6.07) is 0. The maximum absolute atomic E-state index is 12.9. The van der Waals surface area contributed by atoms with Gasteiger partial charge in [0.05, 0.1) is 19.8 Å². The van der Waals surface area contributed by atoms with Gasteiger partial charge < -0.3 is 34.3 Å². The molecular weight excluding hydrogens is 885 g/mol. The van der Waals surface area contributed by atoms with E-state index in [4.69, 9.17) is 18.9 Å². The molecule has 398 valence electrons. The van der Waals surface area contributed by atoms with Gasteiger partial charge in [0.25, 0.3) is 0 Å². The molecule has 0 aromatic heterocycles. The van der Waals surface area contributed by atoms with Crippen LogP contribution in [0.15, 0.2) is 48.6 Å². The molecule has 0 radical (unpaired) electrons. The predicted molar refractivity (Wildman–Crippen MR) is 276 cm³/mol. The zero-order chi connectivity index (χ0) is 49.6. The van der Waals surface area contributed by atoms with Gasteiger partial charge >= 0.3 is 16.4 Å². The number of aliphatic hydroxyl groups excluding tert-OH is 3. The van der Waals surface area contributed by atoms with Crippen LogP contribution in [-0.4, -0.2) is 97.5 Å². The van der Waals surface area contributed by atoms with Gasteiger partial charge in [-0.05, 0) is 70.6 Å². The minimum atomic E-state index is -5.07. The van der Waals surface area contributed by atoms with E-state index < -0.39 is 59.8 Å². The van der Waals surface area contributed by atoms with E-state index in [1.165, 1.54) is 135 Å². The fourth-order valence-corrected chi connectivity index (χ4v) is 8.84. The van der Waals surface area contributed by atoms with Crippen molar-refractivity contribution >= 4 is 16.4 Å². The largest absolute Gasteiger partial charge is 0.457 e. The Labute approximate surface area is 415 Å². The van der Waals surface area contributed by atoms with Crippen molar-refractivity contribution in [1.29, 1.82) is 0 Å². The molecule has 0 spiro atoms. The fourth-order valence-electron chi connectivity index (χ4n) is 8.33. The molecule has 1 aliphatic heterocycles. The van der Waals surface area contributed by atoms with E-state index in [-0.39, 0.29) is 19.6 Å². The third-order valence-corrected chi connectivity index (χ3v) is 12.9. The second kappa shape index (κ2) is 46.2. The van der Waals surface area contributed by atoms with Crippen LogP contribution in [0.5, 0.6) is 0 Å². The van der Waals surface area contributed by atoms with Crippen molar-refractivity contribution in [3.8, 4) is 0 Å². The first kappa shape index (κ1) is 64.1. The van der Waals surface area contributed by atoms with Gasteiger partial charge in [0.1, 0.15) is 30.5 Å². The van der Waals surface area contributed by atoms with E-state index in [1.807, 2.05) is 0 Å². The standard InChI is InChI=1S/C55H100O12S/c1-3-5-7-9-11-13-15-17-19-21-22-23-24-25-26-27-29-31-33-35-37-39-41-43-45-63-47-49(48-64-55-53(59)54(67-68(60,61)62)52(58)50(46-56)66-55)65-51(57)44-42-40-38-36-34-32-30-28-20-18-16-14-12-10-8-6-4-2/h6,8,12,14,18,20-22,49-50,52-56,58-59H,3-5,7,9-11,13,15-17,19,23-48H2,1-2H3,(H,60,61,62)/b8-6-,14-12-,20-18-,22-21-. The van der Waals surface area contributed by atoms with Gasteiger partial charge in [0, 0.05) is 13.0 Å². The van der Waals surface area contributed by atoms with Crippen molar-refractivity contribution in [2.45, 2.75) is 269 Å². The summed E-state index contributed by atoms with van der Waals surface area (Å²) in [6.45, 7) is 3.90. The molecule has 1 saturated heterocycles. The minimum absolute atomic E-state index is 0.0319. The van der Waals surface area contributed by atoms with Gasteiger partial charge in [0.2, 0.25) is 0 Å². The first-order valence-corrected chi connectivity index (χ1v) is 28.8. The predicted octanol–water partition coefficient (Wildman–Crippen LogP) is 13.1. The number of esters is 1. The molecule has 0 saturated carbocycles. The Morgan fingerprint density at radius 1 is 0.574 bits per heavy atom. The summed E-state index contributed by atoms with van der Waals surface area (Å²) in [4.78, 5) is 12.9. The van der Waals surface area contributed by atoms with Crippen molar-refractivity contribution < 1.29 is 56.2 Å². The lowest BCUT2D eigenvalue weighted by molar-refractivity contribution is -0.301. The highest BCUT2D eigenvalue weighted by Crippen LogP contribution is 2.26. The van der Waals surface area contributed by atoms with E-state index in [0.717, 1.165) is 70.6 Å². The Balaban J connectivity index is 2.31. The monoisotopic (exact) mass is 985 g/mol. The molecule has 0 aromatic carbocycles. The van der Waals surface area contributed by atoms with Crippen LogP contribution < -0.4 is 0 Å². The highest BCUT2D eigenvalue weighted by Gasteiger charge is 2.48. The molecule has 0 aromatic rings. The molecule has 6 unspecified atom stereocenters.